The van der Waals surface area contributed by atoms with Gasteiger partial charge in [-0.3, -0.25) is 0 Å². The van der Waals surface area contributed by atoms with Crippen LogP contribution in [0.2, 0.25) is 0 Å². The van der Waals surface area contributed by atoms with Gasteiger partial charge in [-0.1, -0.05) is 0 Å². The molecule has 8 nitrogen and oxygen atoms in total. The Bertz CT molecular complexity index is 165. The standard InChI is InChI=1S/2C3H7NO3/c2*4-1-2(5)3(6)7/h2*2,5H,1,4H2,(H,6,7)/t2*2-/m11/s1. The van der Waals surface area contributed by atoms with Gasteiger partial charge < -0.3 is 31.9 Å². The van der Waals surface area contributed by atoms with Crippen LogP contribution < -0.4 is 11.5 Å². The Labute approximate surface area is 79.7 Å². The van der Waals surface area contributed by atoms with Crippen LogP contribution in [0.5, 0.6) is 0 Å². The highest BCUT2D eigenvalue weighted by atomic mass is 16.4. The number of nitrogens with two attached hydrogens (primary N) is 2. The fraction of sp³-hybridized carbons (Fsp3) is 0.667. The van der Waals surface area contributed by atoms with Crippen molar-refractivity contribution < 1.29 is 30.0 Å². The Kier molecular flexibility index (Phi) is 9.14. The van der Waals surface area contributed by atoms with Gasteiger partial charge in [0.25, 0.3) is 0 Å². The lowest BCUT2D eigenvalue weighted by atomic mass is 10.4. The Morgan fingerprint density at radius 1 is 0.929 bits per heavy atom. The first-order chi connectivity index (χ1) is 6.36. The molecule has 0 unspecified atom stereocenters. The van der Waals surface area contributed by atoms with E-state index in [0.29, 0.717) is 0 Å². The third-order valence-electron chi connectivity index (χ3n) is 1.02. The molecule has 0 aliphatic carbocycles. The summed E-state index contributed by atoms with van der Waals surface area (Å²) in [5.41, 5.74) is 9.48. The van der Waals surface area contributed by atoms with E-state index < -0.39 is 24.1 Å². The van der Waals surface area contributed by atoms with Gasteiger partial charge >= 0.3 is 11.9 Å². The number of carbonyl (C=O) groups is 2. The second kappa shape index (κ2) is 8.38. The van der Waals surface area contributed by atoms with E-state index >= 15 is 0 Å². The molecule has 0 spiro atoms. The molecule has 0 rings (SSSR count). The lowest BCUT2D eigenvalue weighted by Crippen LogP contribution is -2.28. The molecule has 8 N–H and O–H groups in total. The maximum Gasteiger partial charge on any atom is 0.333 e. The number of hydrogen-bond acceptors (Lipinski definition) is 6. The van der Waals surface area contributed by atoms with E-state index in [0.717, 1.165) is 0 Å². The van der Waals surface area contributed by atoms with Gasteiger partial charge in [-0.15, -0.1) is 0 Å². The van der Waals surface area contributed by atoms with Gasteiger partial charge in [0.2, 0.25) is 0 Å². The molecule has 0 saturated heterocycles. The summed E-state index contributed by atoms with van der Waals surface area (Å²) in [5.74, 6) is -2.55. The number of aliphatic hydroxyl groups excluding tert-OH is 2. The Hall–Kier alpha value is -1.22. The molecule has 0 aromatic rings. The second-order valence-electron chi connectivity index (χ2n) is 2.18. The maximum atomic E-state index is 9.60. The van der Waals surface area contributed by atoms with Gasteiger partial charge in [0.1, 0.15) is 0 Å². The van der Waals surface area contributed by atoms with E-state index in [1.54, 1.807) is 0 Å². The lowest BCUT2D eigenvalue weighted by Gasteiger charge is -1.96. The van der Waals surface area contributed by atoms with E-state index in [9.17, 15) is 9.59 Å². The van der Waals surface area contributed by atoms with Crippen LogP contribution in [0.15, 0.2) is 0 Å². The fourth-order valence-corrected chi connectivity index (χ4v) is 0.202. The molecule has 0 aliphatic rings. The molecule has 0 aromatic carbocycles. The van der Waals surface area contributed by atoms with Crippen molar-refractivity contribution in [3.8, 4) is 0 Å². The molecule has 14 heavy (non-hydrogen) atoms. The molecule has 0 radical (unpaired) electrons. The van der Waals surface area contributed by atoms with Crippen molar-refractivity contribution >= 4 is 11.9 Å². The first-order valence-corrected chi connectivity index (χ1v) is 3.58. The molecule has 0 aliphatic heterocycles. The van der Waals surface area contributed by atoms with Crippen LogP contribution in [0.25, 0.3) is 0 Å². The molecule has 0 amide bonds. The molecular formula is C6H14N2O6. The minimum absolute atomic E-state index is 0.227. The van der Waals surface area contributed by atoms with Crippen LogP contribution in [-0.4, -0.2) is 57.7 Å². The molecule has 0 heterocycles. The number of carboxylic acids is 2. The number of carboxylic acid groups (broad SMARTS) is 2. The predicted octanol–water partition coefficient (Wildman–Crippen LogP) is -3.22. The molecule has 0 saturated carbocycles. The van der Waals surface area contributed by atoms with E-state index in [2.05, 4.69) is 0 Å². The van der Waals surface area contributed by atoms with E-state index in [-0.39, 0.29) is 13.1 Å². The van der Waals surface area contributed by atoms with E-state index in [1.165, 1.54) is 0 Å². The summed E-state index contributed by atoms with van der Waals surface area (Å²) in [5, 5.41) is 32.1. The van der Waals surface area contributed by atoms with Crippen LogP contribution in [0.3, 0.4) is 0 Å². The number of aliphatic hydroxyl groups is 2. The van der Waals surface area contributed by atoms with Crippen molar-refractivity contribution in [2.75, 3.05) is 13.1 Å². The molecule has 0 fully saturated rings. The molecule has 2 atom stereocenters. The van der Waals surface area contributed by atoms with Crippen molar-refractivity contribution in [1.82, 2.24) is 0 Å². The zero-order valence-corrected chi connectivity index (χ0v) is 7.33. The summed E-state index contributed by atoms with van der Waals surface area (Å²) in [6.45, 7) is -0.454. The summed E-state index contributed by atoms with van der Waals surface area (Å²) < 4.78 is 0. The van der Waals surface area contributed by atoms with Crippen LogP contribution in [0, 0.1) is 0 Å². The highest BCUT2D eigenvalue weighted by molar-refractivity contribution is 5.72. The lowest BCUT2D eigenvalue weighted by molar-refractivity contribution is -0.146. The second-order valence-corrected chi connectivity index (χ2v) is 2.18. The SMILES string of the molecule is NC[C@@H](O)C(=O)O.NC[C@@H](O)C(=O)O. The summed E-state index contributed by atoms with van der Waals surface area (Å²) in [4.78, 5) is 19.2. The monoisotopic (exact) mass is 210 g/mol. The molecule has 84 valence electrons. The van der Waals surface area contributed by atoms with Crippen molar-refractivity contribution in [2.24, 2.45) is 11.5 Å². The predicted molar refractivity (Wildman–Crippen MR) is 45.4 cm³/mol. The Morgan fingerprint density at radius 3 is 1.14 bits per heavy atom. The first-order valence-electron chi connectivity index (χ1n) is 3.58. The topological polar surface area (TPSA) is 167 Å². The van der Waals surface area contributed by atoms with Gasteiger partial charge in [-0.25, -0.2) is 9.59 Å². The normalized spacial score (nSPS) is 13.4. The molecule has 0 aromatic heterocycles. The third-order valence-corrected chi connectivity index (χ3v) is 1.02. The van der Waals surface area contributed by atoms with E-state index in [1.807, 2.05) is 0 Å². The summed E-state index contributed by atoms with van der Waals surface area (Å²) >= 11 is 0. The zero-order chi connectivity index (χ0) is 11.7. The number of hydrogen-bond donors (Lipinski definition) is 6. The van der Waals surface area contributed by atoms with Crippen LogP contribution in [0.4, 0.5) is 0 Å². The van der Waals surface area contributed by atoms with Crippen LogP contribution in [-0.2, 0) is 9.59 Å². The van der Waals surface area contributed by atoms with Crippen molar-refractivity contribution in [3.05, 3.63) is 0 Å². The summed E-state index contributed by atoms with van der Waals surface area (Å²) in [6.07, 6.45) is -2.81. The van der Waals surface area contributed by atoms with Gasteiger partial charge in [0.15, 0.2) is 12.2 Å². The fourth-order valence-electron chi connectivity index (χ4n) is 0.202. The maximum absolute atomic E-state index is 9.60. The van der Waals surface area contributed by atoms with Crippen LogP contribution in [0.1, 0.15) is 0 Å². The first kappa shape index (κ1) is 15.3. The van der Waals surface area contributed by atoms with Gasteiger partial charge in [-0.05, 0) is 0 Å². The third kappa shape index (κ3) is 8.87. The van der Waals surface area contributed by atoms with Gasteiger partial charge in [-0.2, -0.15) is 0 Å². The minimum Gasteiger partial charge on any atom is -0.479 e. The highest BCUT2D eigenvalue weighted by Crippen LogP contribution is 1.74. The molecular weight excluding hydrogens is 196 g/mol. The van der Waals surface area contributed by atoms with Crippen molar-refractivity contribution in [3.63, 3.8) is 0 Å². The van der Waals surface area contributed by atoms with Gasteiger partial charge in [0, 0.05) is 13.1 Å². The average Bonchev–Trinajstić information content (AvgIpc) is 2.15. The number of rotatable bonds is 4. The Morgan fingerprint density at radius 2 is 1.14 bits per heavy atom. The zero-order valence-electron chi connectivity index (χ0n) is 7.33. The highest BCUT2D eigenvalue weighted by Gasteiger charge is 2.08. The summed E-state index contributed by atoms with van der Waals surface area (Å²) in [6, 6.07) is 0. The van der Waals surface area contributed by atoms with Crippen LogP contribution >= 0.6 is 0 Å². The van der Waals surface area contributed by atoms with Crippen molar-refractivity contribution in [2.45, 2.75) is 12.2 Å². The Balaban J connectivity index is 0. The largest absolute Gasteiger partial charge is 0.479 e. The van der Waals surface area contributed by atoms with Crippen molar-refractivity contribution in [1.29, 1.82) is 0 Å². The summed E-state index contributed by atoms with van der Waals surface area (Å²) in [7, 11) is 0. The average molecular weight is 210 g/mol. The quantitative estimate of drug-likeness (QED) is 0.281. The molecule has 8 heteroatoms. The number of aliphatic carboxylic acids is 2. The minimum atomic E-state index is -1.40. The van der Waals surface area contributed by atoms with E-state index in [4.69, 9.17) is 31.9 Å². The molecule has 0 bridgehead atoms. The smallest absolute Gasteiger partial charge is 0.333 e. The van der Waals surface area contributed by atoms with Gasteiger partial charge in [0.05, 0.1) is 0 Å².